The maximum absolute atomic E-state index is 12.0. The van der Waals surface area contributed by atoms with Crippen LogP contribution in [0.3, 0.4) is 0 Å². The zero-order valence-corrected chi connectivity index (χ0v) is 10.2. The smallest absolute Gasteiger partial charge is 0.312 e. The number of carbonyl (C=O) groups is 2. The van der Waals surface area contributed by atoms with Crippen LogP contribution in [0.25, 0.3) is 0 Å². The van der Waals surface area contributed by atoms with Crippen molar-refractivity contribution in [3.05, 3.63) is 35.9 Å². The van der Waals surface area contributed by atoms with Gasteiger partial charge in [0.05, 0.1) is 0 Å². The number of nitrogens with zero attached hydrogens (tertiary/aromatic N) is 2. The van der Waals surface area contributed by atoms with Gasteiger partial charge in [-0.3, -0.25) is 9.59 Å². The van der Waals surface area contributed by atoms with E-state index in [4.69, 9.17) is 0 Å². The minimum Gasteiger partial charge on any atom is -0.330 e. The highest BCUT2D eigenvalue weighted by molar-refractivity contribution is 6.35. The van der Waals surface area contributed by atoms with Crippen molar-refractivity contribution in [1.29, 1.82) is 0 Å². The Bertz CT molecular complexity index is 468. The lowest BCUT2D eigenvalue weighted by atomic mass is 10.2. The average Bonchev–Trinajstić information content (AvgIpc) is 3.21. The zero-order chi connectivity index (χ0) is 12.5. The summed E-state index contributed by atoms with van der Waals surface area (Å²) >= 11 is 0. The highest BCUT2D eigenvalue weighted by Crippen LogP contribution is 2.28. The second-order valence-electron chi connectivity index (χ2n) is 4.94. The first-order chi connectivity index (χ1) is 8.75. The lowest BCUT2D eigenvalue weighted by Gasteiger charge is -2.33. The molecule has 0 aromatic heterocycles. The number of amides is 2. The minimum atomic E-state index is -0.350. The molecule has 1 aliphatic heterocycles. The largest absolute Gasteiger partial charge is 0.330 e. The Hall–Kier alpha value is -1.84. The second-order valence-corrected chi connectivity index (χ2v) is 4.94. The molecule has 2 aliphatic rings. The summed E-state index contributed by atoms with van der Waals surface area (Å²) in [6, 6.07) is 10.1. The number of piperazine rings is 1. The molecular weight excluding hydrogens is 228 g/mol. The molecule has 1 aromatic carbocycles. The monoisotopic (exact) mass is 244 g/mol. The van der Waals surface area contributed by atoms with E-state index in [0.29, 0.717) is 25.7 Å². The molecule has 94 valence electrons. The number of rotatable bonds is 3. The standard InChI is InChI=1S/C14H16N2O2/c17-13-14(18)16(12-6-7-12)9-8-15(13)10-11-4-2-1-3-5-11/h1-5,12H,6-10H2. The van der Waals surface area contributed by atoms with Crippen LogP contribution < -0.4 is 0 Å². The molecule has 1 saturated heterocycles. The van der Waals surface area contributed by atoms with Crippen LogP contribution in [0.1, 0.15) is 18.4 Å². The fourth-order valence-corrected chi connectivity index (χ4v) is 2.38. The molecule has 3 rings (SSSR count). The van der Waals surface area contributed by atoms with Gasteiger partial charge in [-0.15, -0.1) is 0 Å². The third kappa shape index (κ3) is 2.10. The van der Waals surface area contributed by atoms with Crippen molar-refractivity contribution in [1.82, 2.24) is 9.80 Å². The maximum atomic E-state index is 12.0. The van der Waals surface area contributed by atoms with Crippen LogP contribution in [-0.4, -0.2) is 40.7 Å². The first-order valence-corrected chi connectivity index (χ1v) is 6.39. The SMILES string of the molecule is O=C1C(=O)N(C2CC2)CCN1Cc1ccccc1. The Labute approximate surface area is 106 Å². The Morgan fingerprint density at radius 2 is 1.72 bits per heavy atom. The van der Waals surface area contributed by atoms with E-state index in [9.17, 15) is 9.59 Å². The summed E-state index contributed by atoms with van der Waals surface area (Å²) < 4.78 is 0. The normalized spacial score (nSPS) is 20.4. The van der Waals surface area contributed by atoms with E-state index in [-0.39, 0.29) is 11.8 Å². The molecular formula is C14H16N2O2. The molecule has 4 heteroatoms. The van der Waals surface area contributed by atoms with Crippen LogP contribution in [0.5, 0.6) is 0 Å². The first kappa shape index (κ1) is 11.3. The lowest BCUT2D eigenvalue weighted by Crippen LogP contribution is -2.54. The van der Waals surface area contributed by atoms with Gasteiger partial charge in [0.15, 0.2) is 0 Å². The predicted molar refractivity (Wildman–Crippen MR) is 66.6 cm³/mol. The van der Waals surface area contributed by atoms with Gasteiger partial charge in [0.2, 0.25) is 0 Å². The Morgan fingerprint density at radius 3 is 2.39 bits per heavy atom. The Kier molecular flexibility index (Phi) is 2.78. The summed E-state index contributed by atoms with van der Waals surface area (Å²) in [5.74, 6) is -0.670. The molecule has 2 amide bonds. The van der Waals surface area contributed by atoms with Crippen LogP contribution >= 0.6 is 0 Å². The molecule has 1 saturated carbocycles. The Morgan fingerprint density at radius 1 is 1.00 bits per heavy atom. The topological polar surface area (TPSA) is 40.6 Å². The van der Waals surface area contributed by atoms with Crippen LogP contribution in [0.15, 0.2) is 30.3 Å². The molecule has 18 heavy (non-hydrogen) atoms. The van der Waals surface area contributed by atoms with E-state index < -0.39 is 0 Å². The number of carbonyl (C=O) groups excluding carboxylic acids is 2. The fourth-order valence-electron chi connectivity index (χ4n) is 2.38. The van der Waals surface area contributed by atoms with E-state index in [1.54, 1.807) is 9.80 Å². The van der Waals surface area contributed by atoms with E-state index in [0.717, 1.165) is 18.4 Å². The molecule has 4 nitrogen and oxygen atoms in total. The van der Waals surface area contributed by atoms with Gasteiger partial charge in [-0.25, -0.2) is 0 Å². The minimum absolute atomic E-state index is 0.320. The van der Waals surface area contributed by atoms with Gasteiger partial charge in [0.1, 0.15) is 0 Å². The van der Waals surface area contributed by atoms with E-state index >= 15 is 0 Å². The highest BCUT2D eigenvalue weighted by Gasteiger charge is 2.40. The predicted octanol–water partition coefficient (Wildman–Crippen LogP) is 1.02. The molecule has 0 radical (unpaired) electrons. The number of benzene rings is 1. The summed E-state index contributed by atoms with van der Waals surface area (Å²) in [5, 5.41) is 0. The number of hydrogen-bond acceptors (Lipinski definition) is 2. The molecule has 0 spiro atoms. The van der Waals surface area contributed by atoms with Crippen molar-refractivity contribution in [2.75, 3.05) is 13.1 Å². The lowest BCUT2D eigenvalue weighted by molar-refractivity contribution is -0.156. The number of hydrogen-bond donors (Lipinski definition) is 0. The van der Waals surface area contributed by atoms with Gasteiger partial charge >= 0.3 is 11.8 Å². The van der Waals surface area contributed by atoms with Gasteiger partial charge in [-0.1, -0.05) is 30.3 Å². The summed E-state index contributed by atoms with van der Waals surface area (Å²) in [7, 11) is 0. The molecule has 0 N–H and O–H groups in total. The molecule has 1 aromatic rings. The summed E-state index contributed by atoms with van der Waals surface area (Å²) in [4.78, 5) is 27.3. The maximum Gasteiger partial charge on any atom is 0.312 e. The highest BCUT2D eigenvalue weighted by atomic mass is 16.2. The molecule has 1 heterocycles. The van der Waals surface area contributed by atoms with Crippen molar-refractivity contribution in [3.8, 4) is 0 Å². The third-order valence-electron chi connectivity index (χ3n) is 3.55. The van der Waals surface area contributed by atoms with E-state index in [1.165, 1.54) is 0 Å². The zero-order valence-electron chi connectivity index (χ0n) is 10.2. The molecule has 1 aliphatic carbocycles. The van der Waals surface area contributed by atoms with Crippen molar-refractivity contribution < 1.29 is 9.59 Å². The third-order valence-corrected chi connectivity index (χ3v) is 3.55. The van der Waals surface area contributed by atoms with Crippen LogP contribution in [-0.2, 0) is 16.1 Å². The van der Waals surface area contributed by atoms with Crippen molar-refractivity contribution >= 4 is 11.8 Å². The summed E-state index contributed by atoms with van der Waals surface area (Å²) in [6.07, 6.45) is 2.11. The quantitative estimate of drug-likeness (QED) is 0.745. The van der Waals surface area contributed by atoms with Gasteiger partial charge in [-0.2, -0.15) is 0 Å². The fraction of sp³-hybridized carbons (Fsp3) is 0.429. The van der Waals surface area contributed by atoms with E-state index in [1.807, 2.05) is 30.3 Å². The van der Waals surface area contributed by atoms with Gasteiger partial charge in [-0.05, 0) is 18.4 Å². The van der Waals surface area contributed by atoms with Gasteiger partial charge in [0, 0.05) is 25.7 Å². The van der Waals surface area contributed by atoms with Gasteiger partial charge in [0.25, 0.3) is 0 Å². The van der Waals surface area contributed by atoms with Crippen molar-refractivity contribution in [2.45, 2.75) is 25.4 Å². The summed E-state index contributed by atoms with van der Waals surface area (Å²) in [6.45, 7) is 1.86. The van der Waals surface area contributed by atoms with Crippen LogP contribution in [0, 0.1) is 0 Å². The molecule has 2 fully saturated rings. The first-order valence-electron chi connectivity index (χ1n) is 6.39. The summed E-state index contributed by atoms with van der Waals surface area (Å²) in [5.41, 5.74) is 1.07. The second kappa shape index (κ2) is 4.44. The van der Waals surface area contributed by atoms with Crippen LogP contribution in [0.4, 0.5) is 0 Å². The van der Waals surface area contributed by atoms with Crippen molar-refractivity contribution in [3.63, 3.8) is 0 Å². The average molecular weight is 244 g/mol. The molecule has 0 bridgehead atoms. The molecule has 0 unspecified atom stereocenters. The Balaban J connectivity index is 1.68. The van der Waals surface area contributed by atoms with Crippen molar-refractivity contribution in [2.24, 2.45) is 0 Å². The van der Waals surface area contributed by atoms with Gasteiger partial charge < -0.3 is 9.80 Å². The molecule has 0 atom stereocenters. The van der Waals surface area contributed by atoms with E-state index in [2.05, 4.69) is 0 Å². The van der Waals surface area contributed by atoms with Crippen LogP contribution in [0.2, 0.25) is 0 Å².